The Kier molecular flexibility index (Phi) is 4.81. The van der Waals surface area contributed by atoms with Crippen molar-refractivity contribution < 1.29 is 4.79 Å². The Hall–Kier alpha value is -3.22. The van der Waals surface area contributed by atoms with Crippen molar-refractivity contribution in [2.75, 3.05) is 20.1 Å². The van der Waals surface area contributed by atoms with Crippen molar-refractivity contribution in [3.05, 3.63) is 59.8 Å². The van der Waals surface area contributed by atoms with Gasteiger partial charge in [0.1, 0.15) is 5.84 Å². The third-order valence-electron chi connectivity index (χ3n) is 5.15. The Balaban J connectivity index is 1.44. The maximum atomic E-state index is 12.7. The number of aryl methyl sites for hydroxylation is 2. The molecule has 144 valence electrons. The minimum atomic E-state index is -0.233. The average molecular weight is 376 g/mol. The van der Waals surface area contributed by atoms with E-state index in [1.165, 1.54) is 0 Å². The number of amidine groups is 1. The van der Waals surface area contributed by atoms with E-state index in [1.54, 1.807) is 13.2 Å². The van der Waals surface area contributed by atoms with Gasteiger partial charge in [0.15, 0.2) is 0 Å². The Morgan fingerprint density at radius 3 is 2.93 bits per heavy atom. The monoisotopic (exact) mass is 376 g/mol. The summed E-state index contributed by atoms with van der Waals surface area (Å²) in [4.78, 5) is 28.0. The van der Waals surface area contributed by atoms with Crippen LogP contribution in [0.25, 0.3) is 10.9 Å². The van der Waals surface area contributed by atoms with Gasteiger partial charge in [0.05, 0.1) is 11.2 Å². The van der Waals surface area contributed by atoms with E-state index in [-0.39, 0.29) is 17.8 Å². The lowest BCUT2D eigenvalue weighted by atomic mass is 10.2. The van der Waals surface area contributed by atoms with Gasteiger partial charge < -0.3 is 14.8 Å². The number of hydrogen-bond donors (Lipinski definition) is 1. The fourth-order valence-electron chi connectivity index (χ4n) is 3.69. The van der Waals surface area contributed by atoms with Crippen LogP contribution in [-0.2, 0) is 7.05 Å². The van der Waals surface area contributed by atoms with Gasteiger partial charge in [-0.25, -0.2) is 9.97 Å². The minimum absolute atomic E-state index is 0.0434. The van der Waals surface area contributed by atoms with Crippen LogP contribution >= 0.6 is 0 Å². The van der Waals surface area contributed by atoms with E-state index in [2.05, 4.69) is 35.8 Å². The Morgan fingerprint density at radius 2 is 2.18 bits per heavy atom. The second kappa shape index (κ2) is 7.42. The Bertz CT molecular complexity index is 1050. The van der Waals surface area contributed by atoms with Gasteiger partial charge in [-0.2, -0.15) is 0 Å². The molecule has 1 unspecified atom stereocenters. The first-order valence-electron chi connectivity index (χ1n) is 9.43. The van der Waals surface area contributed by atoms with Crippen LogP contribution in [0.3, 0.4) is 0 Å². The molecule has 1 fully saturated rings. The number of rotatable bonds is 3. The number of amides is 1. The smallest absolute Gasteiger partial charge is 0.289 e. The van der Waals surface area contributed by atoms with Crippen LogP contribution in [0.15, 0.2) is 47.7 Å². The normalized spacial score (nSPS) is 17.3. The van der Waals surface area contributed by atoms with Crippen LogP contribution < -0.4 is 5.32 Å². The van der Waals surface area contributed by atoms with E-state index >= 15 is 0 Å². The van der Waals surface area contributed by atoms with Gasteiger partial charge in [-0.05, 0) is 37.6 Å². The Labute approximate surface area is 164 Å². The van der Waals surface area contributed by atoms with Crippen LogP contribution in [0.5, 0.6) is 0 Å². The number of hydrogen-bond acceptors (Lipinski definition) is 4. The van der Waals surface area contributed by atoms with Crippen LogP contribution in [0, 0.1) is 6.92 Å². The SMILES string of the molecule is CN=C(c1cccn1C)N1CCC(NC(=O)c2ncc3cc(C)ccc3n2)C1. The maximum Gasteiger partial charge on any atom is 0.289 e. The molecule has 7 heteroatoms. The van der Waals surface area contributed by atoms with Crippen molar-refractivity contribution in [3.8, 4) is 0 Å². The highest BCUT2D eigenvalue weighted by Gasteiger charge is 2.28. The highest BCUT2D eigenvalue weighted by Crippen LogP contribution is 2.16. The standard InChI is InChI=1S/C21H24N6O/c1-14-6-7-17-15(11-14)12-23-19(25-17)21(28)24-16-8-10-27(13-16)20(22-2)18-5-4-9-26(18)3/h4-7,9,11-12,16H,8,10,13H2,1-3H3,(H,24,28). The Morgan fingerprint density at radius 1 is 1.32 bits per heavy atom. The van der Waals surface area contributed by atoms with Crippen molar-refractivity contribution in [1.29, 1.82) is 0 Å². The first-order chi connectivity index (χ1) is 13.5. The first-order valence-corrected chi connectivity index (χ1v) is 9.43. The molecule has 3 aromatic rings. The second-order valence-corrected chi connectivity index (χ2v) is 7.21. The summed E-state index contributed by atoms with van der Waals surface area (Å²) in [6.45, 7) is 3.59. The van der Waals surface area contributed by atoms with Crippen LogP contribution in [-0.4, -0.2) is 57.4 Å². The molecule has 1 atom stereocenters. The summed E-state index contributed by atoms with van der Waals surface area (Å²) in [6, 6.07) is 10.0. The van der Waals surface area contributed by atoms with E-state index in [0.717, 1.165) is 47.5 Å². The van der Waals surface area contributed by atoms with Crippen molar-refractivity contribution >= 4 is 22.6 Å². The van der Waals surface area contributed by atoms with Crippen molar-refractivity contribution in [2.45, 2.75) is 19.4 Å². The molecule has 1 N–H and O–H groups in total. The molecule has 1 aliphatic rings. The molecule has 0 aliphatic carbocycles. The fourth-order valence-corrected chi connectivity index (χ4v) is 3.69. The molecule has 1 saturated heterocycles. The highest BCUT2D eigenvalue weighted by molar-refractivity contribution is 5.98. The first kappa shape index (κ1) is 18.2. The number of aromatic nitrogens is 3. The molecule has 1 amide bonds. The van der Waals surface area contributed by atoms with Gasteiger partial charge in [-0.3, -0.25) is 9.79 Å². The number of carbonyl (C=O) groups is 1. The molecule has 0 bridgehead atoms. The molecular formula is C21H24N6O. The summed E-state index contributed by atoms with van der Waals surface area (Å²) >= 11 is 0. The lowest BCUT2D eigenvalue weighted by molar-refractivity contribution is 0.0929. The molecule has 7 nitrogen and oxygen atoms in total. The zero-order valence-electron chi connectivity index (χ0n) is 16.4. The minimum Gasteiger partial charge on any atom is -0.353 e. The van der Waals surface area contributed by atoms with E-state index < -0.39 is 0 Å². The van der Waals surface area contributed by atoms with Crippen LogP contribution in [0.2, 0.25) is 0 Å². The van der Waals surface area contributed by atoms with E-state index in [0.29, 0.717) is 0 Å². The molecule has 2 aromatic heterocycles. The molecule has 4 rings (SSSR count). The number of fused-ring (bicyclic) bond motifs is 1. The van der Waals surface area contributed by atoms with Crippen LogP contribution in [0.4, 0.5) is 0 Å². The molecular weight excluding hydrogens is 352 g/mol. The lowest BCUT2D eigenvalue weighted by Gasteiger charge is -2.21. The predicted octanol–water partition coefficient (Wildman–Crippen LogP) is 2.16. The third kappa shape index (κ3) is 3.47. The average Bonchev–Trinajstić information content (AvgIpc) is 3.32. The summed E-state index contributed by atoms with van der Waals surface area (Å²) < 4.78 is 2.05. The zero-order chi connectivity index (χ0) is 19.7. The van der Waals surface area contributed by atoms with Gasteiger partial charge in [-0.15, -0.1) is 0 Å². The van der Waals surface area contributed by atoms with Crippen molar-refractivity contribution in [2.24, 2.45) is 12.0 Å². The number of likely N-dealkylation sites (tertiary alicyclic amines) is 1. The van der Waals surface area contributed by atoms with Gasteiger partial charge in [0, 0.05) is 51.0 Å². The third-order valence-corrected chi connectivity index (χ3v) is 5.15. The molecule has 0 radical (unpaired) electrons. The van der Waals surface area contributed by atoms with Gasteiger partial charge in [0.2, 0.25) is 5.82 Å². The molecule has 1 aliphatic heterocycles. The number of benzene rings is 1. The maximum absolute atomic E-state index is 12.7. The van der Waals surface area contributed by atoms with Gasteiger partial charge in [0.25, 0.3) is 5.91 Å². The number of aliphatic imine (C=N–C) groups is 1. The summed E-state index contributed by atoms with van der Waals surface area (Å²) in [5, 5.41) is 4.01. The predicted molar refractivity (Wildman–Crippen MR) is 110 cm³/mol. The lowest BCUT2D eigenvalue weighted by Crippen LogP contribution is -2.39. The molecule has 3 heterocycles. The van der Waals surface area contributed by atoms with Crippen molar-refractivity contribution in [3.63, 3.8) is 0 Å². The van der Waals surface area contributed by atoms with E-state index in [4.69, 9.17) is 0 Å². The number of nitrogens with one attached hydrogen (secondary N) is 1. The largest absolute Gasteiger partial charge is 0.353 e. The second-order valence-electron chi connectivity index (χ2n) is 7.21. The van der Waals surface area contributed by atoms with E-state index in [9.17, 15) is 4.79 Å². The number of nitrogens with zero attached hydrogens (tertiary/aromatic N) is 5. The van der Waals surface area contributed by atoms with E-state index in [1.807, 2.05) is 44.4 Å². The number of carbonyl (C=O) groups excluding carboxylic acids is 1. The van der Waals surface area contributed by atoms with Gasteiger partial charge >= 0.3 is 0 Å². The summed E-state index contributed by atoms with van der Waals surface area (Å²) in [5.74, 6) is 0.923. The zero-order valence-corrected chi connectivity index (χ0v) is 16.4. The fraction of sp³-hybridized carbons (Fsp3) is 0.333. The molecule has 0 saturated carbocycles. The highest BCUT2D eigenvalue weighted by atomic mass is 16.2. The molecule has 28 heavy (non-hydrogen) atoms. The molecule has 1 aromatic carbocycles. The summed E-state index contributed by atoms with van der Waals surface area (Å²) in [5.41, 5.74) is 3.00. The summed E-state index contributed by atoms with van der Waals surface area (Å²) in [6.07, 6.45) is 4.58. The molecule has 0 spiro atoms. The summed E-state index contributed by atoms with van der Waals surface area (Å²) in [7, 11) is 3.81. The quantitative estimate of drug-likeness (QED) is 0.561. The van der Waals surface area contributed by atoms with Gasteiger partial charge in [-0.1, -0.05) is 11.6 Å². The van der Waals surface area contributed by atoms with Crippen LogP contribution in [0.1, 0.15) is 28.3 Å². The topological polar surface area (TPSA) is 75.4 Å². The van der Waals surface area contributed by atoms with Crippen molar-refractivity contribution in [1.82, 2.24) is 24.8 Å².